The van der Waals surface area contributed by atoms with Gasteiger partial charge < -0.3 is 9.73 Å². The third-order valence-electron chi connectivity index (χ3n) is 3.45. The van der Waals surface area contributed by atoms with Gasteiger partial charge >= 0.3 is 0 Å². The van der Waals surface area contributed by atoms with Gasteiger partial charge in [-0.1, -0.05) is 25.1 Å². The molecule has 0 saturated carbocycles. The lowest BCUT2D eigenvalue weighted by Gasteiger charge is -2.13. The minimum atomic E-state index is 0.0488. The Morgan fingerprint density at radius 3 is 2.85 bits per heavy atom. The maximum atomic E-state index is 5.98. The number of nitrogens with one attached hydrogen (secondary N) is 1. The number of para-hydroxylation sites is 1. The largest absolute Gasteiger partial charge is 0.459 e. The van der Waals surface area contributed by atoms with Crippen LogP contribution in [0.2, 0.25) is 0 Å². The van der Waals surface area contributed by atoms with Gasteiger partial charge in [0, 0.05) is 23.7 Å². The van der Waals surface area contributed by atoms with Gasteiger partial charge in [0.1, 0.15) is 11.3 Å². The van der Waals surface area contributed by atoms with Crippen LogP contribution in [-0.2, 0) is 6.54 Å². The van der Waals surface area contributed by atoms with Gasteiger partial charge in [-0.15, -0.1) is 0 Å². The fourth-order valence-electron chi connectivity index (χ4n) is 2.43. The fourth-order valence-corrected chi connectivity index (χ4v) is 2.43. The van der Waals surface area contributed by atoms with E-state index in [1.165, 1.54) is 0 Å². The molecule has 4 nitrogen and oxygen atoms in total. The fraction of sp³-hybridized carbons (Fsp3) is 0.312. The van der Waals surface area contributed by atoms with E-state index in [1.807, 2.05) is 29.1 Å². The van der Waals surface area contributed by atoms with Crippen molar-refractivity contribution in [3.05, 3.63) is 54.0 Å². The Balaban J connectivity index is 2.00. The first-order chi connectivity index (χ1) is 9.81. The number of hydrogen-bond donors (Lipinski definition) is 1. The van der Waals surface area contributed by atoms with E-state index in [1.54, 1.807) is 0 Å². The van der Waals surface area contributed by atoms with Crippen LogP contribution in [0.25, 0.3) is 11.0 Å². The van der Waals surface area contributed by atoms with Crippen LogP contribution in [0, 0.1) is 0 Å². The van der Waals surface area contributed by atoms with Crippen LogP contribution in [0.4, 0.5) is 0 Å². The van der Waals surface area contributed by atoms with Crippen LogP contribution in [-0.4, -0.2) is 16.3 Å². The van der Waals surface area contributed by atoms with Crippen LogP contribution in [0.1, 0.15) is 31.2 Å². The first-order valence-electron chi connectivity index (χ1n) is 7.06. The molecule has 0 bridgehead atoms. The molecule has 20 heavy (non-hydrogen) atoms. The molecular weight excluding hydrogens is 250 g/mol. The second kappa shape index (κ2) is 5.51. The lowest BCUT2D eigenvalue weighted by Crippen LogP contribution is -2.21. The van der Waals surface area contributed by atoms with Crippen molar-refractivity contribution in [2.24, 2.45) is 0 Å². The number of nitrogens with zero attached hydrogens (tertiary/aromatic N) is 2. The highest BCUT2D eigenvalue weighted by molar-refractivity contribution is 5.77. The van der Waals surface area contributed by atoms with E-state index in [4.69, 9.17) is 4.42 Å². The summed E-state index contributed by atoms with van der Waals surface area (Å²) >= 11 is 0. The SMILES string of the molecule is CCNC(c1cnn(CC)c1)c1cc2ccccc2o1. The molecule has 1 N–H and O–H groups in total. The number of fused-ring (bicyclic) bond motifs is 1. The number of hydrogen-bond acceptors (Lipinski definition) is 3. The van der Waals surface area contributed by atoms with Crippen LogP contribution >= 0.6 is 0 Å². The summed E-state index contributed by atoms with van der Waals surface area (Å²) in [5, 5.41) is 8.95. The van der Waals surface area contributed by atoms with Crippen LogP contribution in [0.5, 0.6) is 0 Å². The average Bonchev–Trinajstić information content (AvgIpc) is 3.10. The molecular formula is C16H19N3O. The molecule has 0 fully saturated rings. The molecule has 0 spiro atoms. The summed E-state index contributed by atoms with van der Waals surface area (Å²) in [7, 11) is 0. The van der Waals surface area contributed by atoms with Crippen molar-refractivity contribution in [3.8, 4) is 0 Å². The predicted molar refractivity (Wildman–Crippen MR) is 79.6 cm³/mol. The summed E-state index contributed by atoms with van der Waals surface area (Å²) in [5.74, 6) is 0.934. The molecule has 1 atom stereocenters. The molecule has 0 saturated heterocycles. The van der Waals surface area contributed by atoms with Crippen LogP contribution < -0.4 is 5.32 Å². The Bertz CT molecular complexity index is 665. The maximum absolute atomic E-state index is 5.98. The van der Waals surface area contributed by atoms with Gasteiger partial charge in [0.2, 0.25) is 0 Å². The molecule has 1 unspecified atom stereocenters. The molecule has 0 amide bonds. The predicted octanol–water partition coefficient (Wildman–Crippen LogP) is 3.35. The van der Waals surface area contributed by atoms with E-state index in [2.05, 4.69) is 42.6 Å². The van der Waals surface area contributed by atoms with E-state index in [0.29, 0.717) is 0 Å². The van der Waals surface area contributed by atoms with Gasteiger partial charge in [0.25, 0.3) is 0 Å². The van der Waals surface area contributed by atoms with Gasteiger partial charge in [-0.3, -0.25) is 4.68 Å². The van der Waals surface area contributed by atoms with Crippen molar-refractivity contribution in [2.45, 2.75) is 26.4 Å². The summed E-state index contributed by atoms with van der Waals surface area (Å²) in [4.78, 5) is 0. The Labute approximate surface area is 118 Å². The number of benzene rings is 1. The first kappa shape index (κ1) is 12.9. The monoisotopic (exact) mass is 269 g/mol. The summed E-state index contributed by atoms with van der Waals surface area (Å²) < 4.78 is 7.91. The second-order valence-corrected chi connectivity index (χ2v) is 4.81. The molecule has 2 aromatic heterocycles. The molecule has 2 heterocycles. The topological polar surface area (TPSA) is 43.0 Å². The van der Waals surface area contributed by atoms with Crippen molar-refractivity contribution in [1.82, 2.24) is 15.1 Å². The number of rotatable bonds is 5. The third-order valence-corrected chi connectivity index (χ3v) is 3.45. The summed E-state index contributed by atoms with van der Waals surface area (Å²) in [5.41, 5.74) is 2.06. The summed E-state index contributed by atoms with van der Waals surface area (Å²) in [6.45, 7) is 5.93. The molecule has 0 radical (unpaired) electrons. The van der Waals surface area contributed by atoms with Crippen LogP contribution in [0.15, 0.2) is 47.1 Å². The molecule has 1 aromatic carbocycles. The lowest BCUT2D eigenvalue weighted by molar-refractivity contribution is 0.477. The van der Waals surface area contributed by atoms with Crippen molar-refractivity contribution < 1.29 is 4.42 Å². The Morgan fingerprint density at radius 2 is 2.15 bits per heavy atom. The highest BCUT2D eigenvalue weighted by atomic mass is 16.3. The highest BCUT2D eigenvalue weighted by Gasteiger charge is 2.19. The van der Waals surface area contributed by atoms with Crippen molar-refractivity contribution in [1.29, 1.82) is 0 Å². The first-order valence-corrected chi connectivity index (χ1v) is 7.06. The van der Waals surface area contributed by atoms with E-state index in [-0.39, 0.29) is 6.04 Å². The maximum Gasteiger partial charge on any atom is 0.134 e. The average molecular weight is 269 g/mol. The van der Waals surface area contributed by atoms with E-state index in [9.17, 15) is 0 Å². The van der Waals surface area contributed by atoms with Crippen molar-refractivity contribution in [2.75, 3.05) is 6.54 Å². The van der Waals surface area contributed by atoms with Crippen LogP contribution in [0.3, 0.4) is 0 Å². The minimum absolute atomic E-state index is 0.0488. The molecule has 4 heteroatoms. The van der Waals surface area contributed by atoms with E-state index in [0.717, 1.165) is 35.4 Å². The van der Waals surface area contributed by atoms with Crippen molar-refractivity contribution >= 4 is 11.0 Å². The number of furan rings is 1. The van der Waals surface area contributed by atoms with Gasteiger partial charge in [0.05, 0.1) is 12.2 Å². The summed E-state index contributed by atoms with van der Waals surface area (Å²) in [6.07, 6.45) is 3.98. The molecule has 0 aliphatic rings. The molecule has 0 aliphatic carbocycles. The normalized spacial score (nSPS) is 12.9. The molecule has 3 rings (SSSR count). The number of aryl methyl sites for hydroxylation is 1. The Hall–Kier alpha value is -2.07. The van der Waals surface area contributed by atoms with Gasteiger partial charge in [0.15, 0.2) is 0 Å². The smallest absolute Gasteiger partial charge is 0.134 e. The standard InChI is InChI=1S/C16H19N3O/c1-3-17-16(13-10-18-19(4-2)11-13)15-9-12-7-5-6-8-14(12)20-15/h5-11,16-17H,3-4H2,1-2H3. The minimum Gasteiger partial charge on any atom is -0.459 e. The Kier molecular flexibility index (Phi) is 3.56. The quantitative estimate of drug-likeness (QED) is 0.772. The van der Waals surface area contributed by atoms with E-state index < -0.39 is 0 Å². The highest BCUT2D eigenvalue weighted by Crippen LogP contribution is 2.28. The lowest BCUT2D eigenvalue weighted by atomic mass is 10.1. The molecule has 0 aliphatic heterocycles. The summed E-state index contributed by atoms with van der Waals surface area (Å²) in [6, 6.07) is 10.2. The zero-order chi connectivity index (χ0) is 13.9. The van der Waals surface area contributed by atoms with Gasteiger partial charge in [-0.2, -0.15) is 5.10 Å². The third kappa shape index (κ3) is 2.34. The number of aromatic nitrogens is 2. The van der Waals surface area contributed by atoms with Gasteiger partial charge in [-0.25, -0.2) is 0 Å². The zero-order valence-corrected chi connectivity index (χ0v) is 11.8. The molecule has 3 aromatic rings. The second-order valence-electron chi connectivity index (χ2n) is 4.81. The van der Waals surface area contributed by atoms with Gasteiger partial charge in [-0.05, 0) is 25.6 Å². The van der Waals surface area contributed by atoms with Crippen molar-refractivity contribution in [3.63, 3.8) is 0 Å². The molecule has 104 valence electrons. The Morgan fingerprint density at radius 1 is 1.30 bits per heavy atom. The van der Waals surface area contributed by atoms with E-state index >= 15 is 0 Å². The zero-order valence-electron chi connectivity index (χ0n) is 11.8.